The molecule has 6 bridgehead atoms. The van der Waals surface area contributed by atoms with Crippen LogP contribution in [0.3, 0.4) is 0 Å². The Bertz CT molecular complexity index is 1580. The number of hydrazine groups is 1. The van der Waals surface area contributed by atoms with Crippen LogP contribution in [0.4, 0.5) is 5.69 Å². The zero-order valence-electron chi connectivity index (χ0n) is 22.0. The number of hydrogen-bond acceptors (Lipinski definition) is 8. The molecule has 1 aliphatic heterocycles. The lowest BCUT2D eigenvalue weighted by Crippen LogP contribution is -2.54. The topological polar surface area (TPSA) is 107 Å². The van der Waals surface area contributed by atoms with Gasteiger partial charge in [-0.3, -0.25) is 4.79 Å². The van der Waals surface area contributed by atoms with Crippen LogP contribution < -0.4 is 10.4 Å². The standard InChI is InChI=1S/C30H28N4O5/c1-4-38-29(36)30(13-14-30)33-34-25-18(2)24(23(16-22(25)17-37-3)19-9-6-5-7-10-19)27-31-26(32-39-27)20-11-8-12-21(15-20)28(34)35/h5-12,15-16,33H,4,13-14,17H2,1-3H3. The maximum atomic E-state index is 14.3. The number of benzene rings is 3. The first-order chi connectivity index (χ1) is 19.0. The second-order valence-corrected chi connectivity index (χ2v) is 9.79. The zero-order valence-corrected chi connectivity index (χ0v) is 22.0. The summed E-state index contributed by atoms with van der Waals surface area (Å²) in [4.78, 5) is 32.0. The second-order valence-electron chi connectivity index (χ2n) is 9.79. The molecular weight excluding hydrogens is 496 g/mol. The molecule has 198 valence electrons. The first kappa shape index (κ1) is 25.0. The maximum absolute atomic E-state index is 14.3. The predicted molar refractivity (Wildman–Crippen MR) is 145 cm³/mol. The Kier molecular flexibility index (Phi) is 6.25. The van der Waals surface area contributed by atoms with Crippen LogP contribution in [0, 0.1) is 6.92 Å². The van der Waals surface area contributed by atoms with E-state index in [9.17, 15) is 9.59 Å². The number of nitrogens with one attached hydrogen (secondary N) is 1. The minimum absolute atomic E-state index is 0.225. The van der Waals surface area contributed by atoms with Crippen LogP contribution in [-0.2, 0) is 20.9 Å². The number of esters is 1. The molecule has 1 N–H and O–H groups in total. The smallest absolute Gasteiger partial charge is 0.328 e. The van der Waals surface area contributed by atoms with Gasteiger partial charge in [-0.15, -0.1) is 0 Å². The lowest BCUT2D eigenvalue weighted by Gasteiger charge is -2.32. The van der Waals surface area contributed by atoms with E-state index in [2.05, 4.69) is 10.6 Å². The molecule has 0 saturated heterocycles. The molecular formula is C30H28N4O5. The molecule has 39 heavy (non-hydrogen) atoms. The van der Waals surface area contributed by atoms with Gasteiger partial charge >= 0.3 is 5.97 Å². The van der Waals surface area contributed by atoms with Gasteiger partial charge < -0.3 is 14.0 Å². The lowest BCUT2D eigenvalue weighted by molar-refractivity contribution is -0.146. The van der Waals surface area contributed by atoms with Gasteiger partial charge in [0.1, 0.15) is 5.54 Å². The third kappa shape index (κ3) is 4.29. The van der Waals surface area contributed by atoms with E-state index >= 15 is 0 Å². The molecule has 6 rings (SSSR count). The van der Waals surface area contributed by atoms with Crippen molar-refractivity contribution >= 4 is 17.6 Å². The number of hydrogen-bond donors (Lipinski definition) is 1. The molecule has 1 fully saturated rings. The monoisotopic (exact) mass is 524 g/mol. The average Bonchev–Trinajstić information content (AvgIpc) is 3.59. The number of fused-ring (bicyclic) bond motifs is 8. The number of carbonyl (C=O) groups excluding carboxylic acids is 2. The lowest BCUT2D eigenvalue weighted by atomic mass is 9.91. The van der Waals surface area contributed by atoms with Crippen LogP contribution in [-0.4, -0.2) is 41.3 Å². The van der Waals surface area contributed by atoms with Crippen LogP contribution in [0.2, 0.25) is 0 Å². The summed E-state index contributed by atoms with van der Waals surface area (Å²) < 4.78 is 16.8. The predicted octanol–water partition coefficient (Wildman–Crippen LogP) is 5.09. The summed E-state index contributed by atoms with van der Waals surface area (Å²) in [5, 5.41) is 5.72. The fourth-order valence-electron chi connectivity index (χ4n) is 5.11. The minimum atomic E-state index is -0.990. The van der Waals surface area contributed by atoms with Gasteiger partial charge in [0.2, 0.25) is 5.82 Å². The van der Waals surface area contributed by atoms with Gasteiger partial charge in [0.25, 0.3) is 11.8 Å². The summed E-state index contributed by atoms with van der Waals surface area (Å²) >= 11 is 0. The van der Waals surface area contributed by atoms with E-state index < -0.39 is 5.54 Å². The van der Waals surface area contributed by atoms with Crippen LogP contribution in [0.15, 0.2) is 65.2 Å². The molecule has 0 atom stereocenters. The van der Waals surface area contributed by atoms with Crippen molar-refractivity contribution in [1.29, 1.82) is 0 Å². The molecule has 0 spiro atoms. The van der Waals surface area contributed by atoms with Gasteiger partial charge in [-0.1, -0.05) is 47.6 Å². The summed E-state index contributed by atoms with van der Waals surface area (Å²) in [7, 11) is 1.61. The highest BCUT2D eigenvalue weighted by atomic mass is 16.5. The van der Waals surface area contributed by atoms with Crippen LogP contribution in [0.1, 0.15) is 41.3 Å². The first-order valence-electron chi connectivity index (χ1n) is 12.9. The molecule has 9 nitrogen and oxygen atoms in total. The van der Waals surface area contributed by atoms with Crippen molar-refractivity contribution in [3.8, 4) is 34.0 Å². The highest BCUT2D eigenvalue weighted by molar-refractivity contribution is 6.08. The van der Waals surface area contributed by atoms with E-state index in [4.69, 9.17) is 19.0 Å². The Morgan fingerprint density at radius 2 is 1.82 bits per heavy atom. The zero-order chi connectivity index (χ0) is 27.1. The molecule has 2 aliphatic rings. The SMILES string of the molecule is CCOC(=O)C1(NN2C(=O)c3cccc(c3)-c3noc(n3)-c3c(-c4ccccc4)cc(COC)c2c3C)CC1. The molecule has 1 aliphatic carbocycles. The van der Waals surface area contributed by atoms with E-state index in [1.807, 2.05) is 49.4 Å². The Morgan fingerprint density at radius 3 is 2.54 bits per heavy atom. The molecule has 3 aromatic carbocycles. The third-order valence-corrected chi connectivity index (χ3v) is 7.18. The van der Waals surface area contributed by atoms with E-state index in [-0.39, 0.29) is 25.1 Å². The number of nitrogens with zero attached hydrogens (tertiary/aromatic N) is 3. The van der Waals surface area contributed by atoms with Gasteiger partial charge in [0.15, 0.2) is 0 Å². The van der Waals surface area contributed by atoms with Gasteiger partial charge in [-0.05, 0) is 61.6 Å². The molecule has 9 heteroatoms. The highest BCUT2D eigenvalue weighted by Crippen LogP contribution is 2.44. The largest absolute Gasteiger partial charge is 0.465 e. The van der Waals surface area contributed by atoms with Crippen molar-refractivity contribution in [1.82, 2.24) is 15.6 Å². The Labute approximate surface area is 225 Å². The fourth-order valence-corrected chi connectivity index (χ4v) is 5.11. The Hall–Kier alpha value is -4.34. The maximum Gasteiger partial charge on any atom is 0.328 e. The van der Waals surface area contributed by atoms with Crippen molar-refractivity contribution in [2.45, 2.75) is 38.8 Å². The molecule has 2 heterocycles. The molecule has 1 saturated carbocycles. The van der Waals surface area contributed by atoms with E-state index in [0.29, 0.717) is 46.9 Å². The summed E-state index contributed by atoms with van der Waals surface area (Å²) in [6, 6.07) is 19.0. The number of aromatic nitrogens is 2. The number of ether oxygens (including phenoxy) is 2. The quantitative estimate of drug-likeness (QED) is 0.334. The van der Waals surface area contributed by atoms with Crippen molar-refractivity contribution in [2.24, 2.45) is 0 Å². The summed E-state index contributed by atoms with van der Waals surface area (Å²) in [5.41, 5.74) is 7.91. The van der Waals surface area contributed by atoms with Crippen LogP contribution in [0.5, 0.6) is 0 Å². The van der Waals surface area contributed by atoms with Gasteiger partial charge in [0.05, 0.1) is 24.5 Å². The van der Waals surface area contributed by atoms with Crippen LogP contribution >= 0.6 is 0 Å². The third-order valence-electron chi connectivity index (χ3n) is 7.18. The van der Waals surface area contributed by atoms with Crippen LogP contribution in [0.25, 0.3) is 34.0 Å². The molecule has 1 aromatic heterocycles. The summed E-state index contributed by atoms with van der Waals surface area (Å²) in [6.45, 7) is 4.16. The molecule has 0 unspecified atom stereocenters. The number of carbonyl (C=O) groups is 2. The molecule has 1 amide bonds. The Balaban J connectivity index is 1.65. The number of anilines is 1. The number of methoxy groups -OCH3 is 1. The van der Waals surface area contributed by atoms with E-state index in [0.717, 1.165) is 22.3 Å². The normalized spacial score (nSPS) is 15.1. The van der Waals surface area contributed by atoms with Crippen molar-refractivity contribution in [2.75, 3.05) is 18.7 Å². The average molecular weight is 525 g/mol. The van der Waals surface area contributed by atoms with Crippen molar-refractivity contribution in [3.05, 3.63) is 77.4 Å². The van der Waals surface area contributed by atoms with Crippen molar-refractivity contribution in [3.63, 3.8) is 0 Å². The molecule has 0 radical (unpaired) electrons. The number of rotatable bonds is 7. The van der Waals surface area contributed by atoms with Gasteiger partial charge in [-0.2, -0.15) is 4.98 Å². The van der Waals surface area contributed by atoms with Gasteiger partial charge in [0, 0.05) is 23.8 Å². The first-order valence-corrected chi connectivity index (χ1v) is 12.9. The van der Waals surface area contributed by atoms with E-state index in [1.165, 1.54) is 5.01 Å². The highest BCUT2D eigenvalue weighted by Gasteiger charge is 2.54. The van der Waals surface area contributed by atoms with Gasteiger partial charge in [-0.25, -0.2) is 15.2 Å². The summed E-state index contributed by atoms with van der Waals surface area (Å²) in [5.74, 6) is 0.00890. The Morgan fingerprint density at radius 1 is 1.08 bits per heavy atom. The summed E-state index contributed by atoms with van der Waals surface area (Å²) in [6.07, 6.45) is 1.10. The van der Waals surface area contributed by atoms with Crippen molar-refractivity contribution < 1.29 is 23.6 Å². The second kappa shape index (κ2) is 9.76. The molecule has 4 aromatic rings. The van der Waals surface area contributed by atoms with E-state index in [1.54, 1.807) is 32.2 Å². The minimum Gasteiger partial charge on any atom is -0.465 e. The number of amides is 1. The fraction of sp³-hybridized carbons (Fsp3) is 0.267.